The summed E-state index contributed by atoms with van der Waals surface area (Å²) in [4.78, 5) is 11.3. The lowest BCUT2D eigenvalue weighted by atomic mass is 9.94. The highest BCUT2D eigenvalue weighted by atomic mass is 32.1. The van der Waals surface area contributed by atoms with Gasteiger partial charge in [0.05, 0.1) is 5.69 Å². The van der Waals surface area contributed by atoms with Crippen molar-refractivity contribution in [2.24, 2.45) is 0 Å². The highest BCUT2D eigenvalue weighted by Crippen LogP contribution is 2.43. The Hall–Kier alpha value is -4.68. The number of hydrogen-bond acceptors (Lipinski definition) is 5. The number of rotatable bonds is 3. The first kappa shape index (κ1) is 26.5. The average molecular weight is 643 g/mol. The van der Waals surface area contributed by atoms with Crippen molar-refractivity contribution in [3.05, 3.63) is 126 Å². The van der Waals surface area contributed by atoms with Gasteiger partial charge in [-0.05, 0) is 95.8 Å². The van der Waals surface area contributed by atoms with Gasteiger partial charge in [0.15, 0.2) is 5.82 Å². The van der Waals surface area contributed by atoms with Gasteiger partial charge in [-0.1, -0.05) is 55.5 Å². The number of hydrogen-bond donors (Lipinski definition) is 0. The lowest BCUT2D eigenvalue weighted by Crippen LogP contribution is -1.94. The molecule has 0 fully saturated rings. The van der Waals surface area contributed by atoms with Crippen molar-refractivity contribution in [2.75, 3.05) is 0 Å². The second-order valence-electron chi connectivity index (χ2n) is 12.2. The molecule has 10 rings (SSSR count). The van der Waals surface area contributed by atoms with Crippen LogP contribution in [0.4, 0.5) is 0 Å². The van der Waals surface area contributed by atoms with Gasteiger partial charge in [-0.3, -0.25) is 0 Å². The topological polar surface area (TPSA) is 25.8 Å². The lowest BCUT2D eigenvalue weighted by Gasteiger charge is -2.12. The van der Waals surface area contributed by atoms with Crippen LogP contribution < -0.4 is 0 Å². The van der Waals surface area contributed by atoms with Gasteiger partial charge in [0.25, 0.3) is 0 Å². The van der Waals surface area contributed by atoms with E-state index in [0.717, 1.165) is 29.1 Å². The molecule has 2 nitrogen and oxygen atoms in total. The second kappa shape index (κ2) is 10.2. The van der Waals surface area contributed by atoms with Crippen LogP contribution in [-0.4, -0.2) is 9.97 Å². The molecule has 46 heavy (non-hydrogen) atoms. The molecular formula is C41H26N2S3. The maximum absolute atomic E-state index is 5.10. The molecule has 5 heteroatoms. The Morgan fingerprint density at radius 2 is 1.15 bits per heavy atom. The van der Waals surface area contributed by atoms with E-state index in [-0.39, 0.29) is 0 Å². The molecule has 4 heterocycles. The standard InChI is InChI=1S/C41H26N2S3/c1-23-5-4-7-29-31-21-26(11-15-39(31)46-40(23)29)34-17-18-42-41(43-34)27-12-16-38-33(22-27)32-20-25(10-14-37(32)45-38)24-9-13-36-30(19-24)28-6-2-3-8-35(28)44-36/h2-4,6-23H,5H2,1H3. The van der Waals surface area contributed by atoms with Gasteiger partial charge in [-0.2, -0.15) is 0 Å². The summed E-state index contributed by atoms with van der Waals surface area (Å²) in [6, 6.07) is 38.0. The summed E-state index contributed by atoms with van der Waals surface area (Å²) in [6.45, 7) is 2.33. The Kier molecular flexibility index (Phi) is 5.86. The summed E-state index contributed by atoms with van der Waals surface area (Å²) >= 11 is 5.64. The molecule has 1 aliphatic carbocycles. The van der Waals surface area contributed by atoms with Crippen LogP contribution in [-0.2, 0) is 0 Å². The number of fused-ring (bicyclic) bond motifs is 9. The third kappa shape index (κ3) is 4.12. The minimum Gasteiger partial charge on any atom is -0.237 e. The number of thiophene rings is 3. The van der Waals surface area contributed by atoms with E-state index >= 15 is 0 Å². The van der Waals surface area contributed by atoms with E-state index in [0.29, 0.717) is 5.92 Å². The van der Waals surface area contributed by atoms with Crippen molar-refractivity contribution in [1.29, 1.82) is 0 Å². The van der Waals surface area contributed by atoms with Gasteiger partial charge in [-0.15, -0.1) is 34.0 Å². The SMILES string of the molecule is CC1CC=Cc2c1sc1ccc(-c3ccnc(-c4ccc5sc6ccc(-c7ccc8sc9ccccc9c8c7)cc6c5c4)n3)cc21. The van der Waals surface area contributed by atoms with Crippen LogP contribution in [0.1, 0.15) is 29.7 Å². The van der Waals surface area contributed by atoms with Gasteiger partial charge in [0.2, 0.25) is 0 Å². The van der Waals surface area contributed by atoms with E-state index in [4.69, 9.17) is 9.97 Å². The number of nitrogens with zero attached hydrogens (tertiary/aromatic N) is 2. The number of benzene rings is 5. The minimum atomic E-state index is 0.579. The molecule has 0 saturated heterocycles. The Balaban J connectivity index is 1.05. The molecule has 0 aliphatic heterocycles. The lowest BCUT2D eigenvalue weighted by molar-refractivity contribution is 0.791. The molecule has 0 radical (unpaired) electrons. The van der Waals surface area contributed by atoms with Crippen LogP contribution in [0.25, 0.3) is 90.3 Å². The molecule has 0 bridgehead atoms. The van der Waals surface area contributed by atoms with Crippen molar-refractivity contribution in [2.45, 2.75) is 19.3 Å². The first-order chi connectivity index (χ1) is 22.7. The predicted octanol–water partition coefficient (Wildman–Crippen LogP) is 12.9. The van der Waals surface area contributed by atoms with Crippen molar-refractivity contribution in [1.82, 2.24) is 9.97 Å². The summed E-state index contributed by atoms with van der Waals surface area (Å²) in [7, 11) is 0. The Morgan fingerprint density at radius 3 is 1.91 bits per heavy atom. The van der Waals surface area contributed by atoms with E-state index < -0.39 is 0 Å². The van der Waals surface area contributed by atoms with E-state index in [9.17, 15) is 0 Å². The molecule has 9 aromatic rings. The van der Waals surface area contributed by atoms with Crippen LogP contribution >= 0.6 is 34.0 Å². The normalized spacial score (nSPS) is 14.7. The fourth-order valence-corrected chi connectivity index (χ4v) is 10.4. The first-order valence-electron chi connectivity index (χ1n) is 15.6. The van der Waals surface area contributed by atoms with Crippen LogP contribution in [0, 0.1) is 0 Å². The molecule has 0 N–H and O–H groups in total. The first-order valence-corrected chi connectivity index (χ1v) is 18.1. The van der Waals surface area contributed by atoms with Crippen molar-refractivity contribution in [3.8, 4) is 33.8 Å². The number of aromatic nitrogens is 2. The van der Waals surface area contributed by atoms with Gasteiger partial charge < -0.3 is 0 Å². The summed E-state index contributed by atoms with van der Waals surface area (Å²) in [5, 5.41) is 6.52. The van der Waals surface area contributed by atoms with Crippen LogP contribution in [0.3, 0.4) is 0 Å². The molecule has 5 aromatic carbocycles. The predicted molar refractivity (Wildman–Crippen MR) is 202 cm³/mol. The fourth-order valence-electron chi connectivity index (χ4n) is 6.99. The largest absolute Gasteiger partial charge is 0.237 e. The molecule has 1 aliphatic rings. The van der Waals surface area contributed by atoms with Gasteiger partial charge in [0.1, 0.15) is 0 Å². The van der Waals surface area contributed by atoms with Gasteiger partial charge in [0, 0.05) is 72.6 Å². The highest BCUT2D eigenvalue weighted by molar-refractivity contribution is 7.26. The smallest absolute Gasteiger partial charge is 0.159 e. The molecule has 0 spiro atoms. The summed E-state index contributed by atoms with van der Waals surface area (Å²) in [5.41, 5.74) is 6.99. The summed E-state index contributed by atoms with van der Waals surface area (Å²) < 4.78 is 6.59. The minimum absolute atomic E-state index is 0.579. The van der Waals surface area contributed by atoms with E-state index in [1.54, 1.807) is 0 Å². The maximum Gasteiger partial charge on any atom is 0.159 e. The van der Waals surface area contributed by atoms with Crippen LogP contribution in [0.5, 0.6) is 0 Å². The molecule has 1 unspecified atom stereocenters. The van der Waals surface area contributed by atoms with Gasteiger partial charge in [-0.25, -0.2) is 9.97 Å². The van der Waals surface area contributed by atoms with Crippen LogP contribution in [0.2, 0.25) is 0 Å². The van der Waals surface area contributed by atoms with Crippen molar-refractivity contribution in [3.63, 3.8) is 0 Å². The Labute approximate surface area is 278 Å². The van der Waals surface area contributed by atoms with E-state index in [2.05, 4.69) is 116 Å². The molecule has 1 atom stereocenters. The summed E-state index contributed by atoms with van der Waals surface area (Å²) in [5.74, 6) is 1.33. The van der Waals surface area contributed by atoms with E-state index in [1.165, 1.54) is 72.0 Å². The van der Waals surface area contributed by atoms with Gasteiger partial charge >= 0.3 is 0 Å². The number of allylic oxidation sites excluding steroid dienone is 1. The molecular weight excluding hydrogens is 617 g/mol. The highest BCUT2D eigenvalue weighted by Gasteiger charge is 2.19. The monoisotopic (exact) mass is 642 g/mol. The Morgan fingerprint density at radius 1 is 0.565 bits per heavy atom. The molecule has 218 valence electrons. The maximum atomic E-state index is 5.10. The third-order valence-corrected chi connectivity index (χ3v) is 13.1. The average Bonchev–Trinajstić information content (AvgIpc) is 3.79. The molecule has 4 aromatic heterocycles. The van der Waals surface area contributed by atoms with Crippen LogP contribution in [0.15, 0.2) is 115 Å². The van der Waals surface area contributed by atoms with E-state index in [1.807, 2.05) is 46.3 Å². The Bertz CT molecular complexity index is 2700. The molecule has 0 amide bonds. The zero-order valence-corrected chi connectivity index (χ0v) is 27.4. The van der Waals surface area contributed by atoms with Crippen molar-refractivity contribution >= 4 is 90.5 Å². The quantitative estimate of drug-likeness (QED) is 0.192. The van der Waals surface area contributed by atoms with Crippen molar-refractivity contribution < 1.29 is 0 Å². The second-order valence-corrected chi connectivity index (χ2v) is 15.5. The summed E-state index contributed by atoms with van der Waals surface area (Å²) in [6.07, 6.45) is 7.63. The zero-order valence-electron chi connectivity index (χ0n) is 25.0. The third-order valence-electron chi connectivity index (χ3n) is 9.37. The zero-order chi connectivity index (χ0) is 30.4. The molecule has 0 saturated carbocycles. The fraction of sp³-hybridized carbons (Fsp3) is 0.0732.